The molecule has 0 bridgehead atoms. The summed E-state index contributed by atoms with van der Waals surface area (Å²) in [5, 5.41) is 18.7. The number of aliphatic hydroxyl groups excluding tert-OH is 1. The maximum absolute atomic E-state index is 10.3. The van der Waals surface area contributed by atoms with Crippen molar-refractivity contribution in [2.24, 2.45) is 5.92 Å². The quantitative estimate of drug-likeness (QED) is 0.740. The fourth-order valence-electron chi connectivity index (χ4n) is 0.606. The van der Waals surface area contributed by atoms with Gasteiger partial charge in [0, 0.05) is 66.1 Å². The third kappa shape index (κ3) is 45.5. The van der Waals surface area contributed by atoms with E-state index in [1.54, 1.807) is 7.11 Å². The molecule has 5 heteroatoms. The van der Waals surface area contributed by atoms with Crippen LogP contribution < -0.4 is 5.11 Å². The minimum atomic E-state index is -0.634. The van der Waals surface area contributed by atoms with E-state index in [0.717, 1.165) is 0 Å². The van der Waals surface area contributed by atoms with E-state index in [1.165, 1.54) is 7.11 Å². The summed E-state index contributed by atoms with van der Waals surface area (Å²) in [6.45, 7) is 6.49. The first-order chi connectivity index (χ1) is 6.62. The summed E-state index contributed by atoms with van der Waals surface area (Å²) in [6.07, 6.45) is -0.224. The van der Waals surface area contributed by atoms with Crippen LogP contribution in [0.1, 0.15) is 43.1 Å². The molecule has 2 atom stereocenters. The number of aliphatic hydroxyl groups is 1. The van der Waals surface area contributed by atoms with Crippen molar-refractivity contribution in [3.05, 3.63) is 6.92 Å². The molecule has 0 fully saturated rings. The Labute approximate surface area is 148 Å². The molecule has 0 aromatic heterocycles. The van der Waals surface area contributed by atoms with Crippen molar-refractivity contribution in [1.29, 1.82) is 0 Å². The maximum Gasteiger partial charge on any atom is 0.0748 e. The zero-order chi connectivity index (χ0) is 11.4. The van der Waals surface area contributed by atoms with Crippen LogP contribution in [0.4, 0.5) is 0 Å². The molecule has 19 heavy (non-hydrogen) atoms. The van der Waals surface area contributed by atoms with Crippen LogP contribution >= 0.6 is 0 Å². The van der Waals surface area contributed by atoms with Gasteiger partial charge in [0.25, 0.3) is 0 Å². The van der Waals surface area contributed by atoms with Crippen LogP contribution in [0.3, 0.4) is 0 Å². The van der Waals surface area contributed by atoms with Gasteiger partial charge in [0.1, 0.15) is 0 Å². The molecule has 0 amide bonds. The largest absolute Gasteiger partial charge is 0.847 e. The number of hydrogen-bond donors (Lipinski definition) is 1. The van der Waals surface area contributed by atoms with Gasteiger partial charge in [0.15, 0.2) is 0 Å². The Balaban J connectivity index is -0.0000000240. The second-order valence-corrected chi connectivity index (χ2v) is 3.11. The third-order valence-corrected chi connectivity index (χ3v) is 1.44. The van der Waals surface area contributed by atoms with Crippen LogP contribution in [0.15, 0.2) is 0 Å². The van der Waals surface area contributed by atoms with Gasteiger partial charge in [-0.05, 0) is 0 Å². The molecule has 0 spiro atoms. The van der Waals surface area contributed by atoms with Gasteiger partial charge in [-0.1, -0.05) is 42.7 Å². The van der Waals surface area contributed by atoms with E-state index in [2.05, 4.69) is 11.7 Å². The van der Waals surface area contributed by atoms with Gasteiger partial charge in [-0.15, -0.1) is 0 Å². The standard InChI is InChI=1S/C5H12O2.C5H10O2.4CH4.Y/c1-5(3-6)4-7-2;1-3-5(6)4-7-2;;;;;/h5-6H,3-4H2,1-2H3;5H,1,3-4H2,2H3;4*1H4;. The average molecular weight is 359 g/mol. The van der Waals surface area contributed by atoms with Crippen molar-refractivity contribution >= 4 is 0 Å². The molecule has 4 nitrogen and oxygen atoms in total. The molecule has 0 heterocycles. The van der Waals surface area contributed by atoms with Crippen LogP contribution in [0.5, 0.6) is 0 Å². The zero-order valence-corrected chi connectivity index (χ0v) is 12.8. The fraction of sp³-hybridized carbons (Fsp3) is 0.929. The second kappa shape index (κ2) is 36.4. The van der Waals surface area contributed by atoms with Crippen molar-refractivity contribution in [1.82, 2.24) is 0 Å². The van der Waals surface area contributed by atoms with E-state index in [9.17, 15) is 5.11 Å². The molecule has 0 aromatic carbocycles. The number of rotatable bonds is 6. The van der Waals surface area contributed by atoms with Crippen LogP contribution in [0, 0.1) is 12.8 Å². The summed E-state index contributed by atoms with van der Waals surface area (Å²) < 4.78 is 9.28. The summed E-state index contributed by atoms with van der Waals surface area (Å²) in [6, 6.07) is 0. The normalized spacial score (nSPS) is 10.4. The summed E-state index contributed by atoms with van der Waals surface area (Å²) in [5.41, 5.74) is 0. The molecule has 2 unspecified atom stereocenters. The third-order valence-electron chi connectivity index (χ3n) is 1.44. The molecule has 0 aromatic rings. The molecule has 121 valence electrons. The van der Waals surface area contributed by atoms with E-state index < -0.39 is 6.10 Å². The van der Waals surface area contributed by atoms with Crippen molar-refractivity contribution in [2.75, 3.05) is 34.0 Å². The fourth-order valence-corrected chi connectivity index (χ4v) is 0.606. The zero-order valence-electron chi connectivity index (χ0n) is 9.94. The molecule has 1 radical (unpaired) electrons. The summed E-state index contributed by atoms with van der Waals surface area (Å²) in [4.78, 5) is 0. The number of ether oxygens (including phenoxy) is 2. The molecular formula is C14H38O4Y. The van der Waals surface area contributed by atoms with Crippen molar-refractivity contribution in [2.45, 2.75) is 49.2 Å². The summed E-state index contributed by atoms with van der Waals surface area (Å²) >= 11 is 0. The van der Waals surface area contributed by atoms with E-state index in [-0.39, 0.29) is 81.5 Å². The Morgan fingerprint density at radius 2 is 1.42 bits per heavy atom. The van der Waals surface area contributed by atoms with Crippen LogP contribution in [-0.4, -0.2) is 45.3 Å². The Hall–Kier alpha value is 0.814. The predicted octanol–water partition coefficient (Wildman–Crippen LogP) is 2.39. The minimum Gasteiger partial charge on any atom is -0.847 e. The monoisotopic (exact) mass is 359 g/mol. The SMILES string of the molecule is C.C.C.C.COCC(C)CO.[CH2+]CC([O-])COC.[Y]. The van der Waals surface area contributed by atoms with E-state index in [4.69, 9.17) is 9.84 Å². The van der Waals surface area contributed by atoms with E-state index >= 15 is 0 Å². The smallest absolute Gasteiger partial charge is 0.0748 e. The number of methoxy groups -OCH3 is 2. The Morgan fingerprint density at radius 3 is 1.53 bits per heavy atom. The topological polar surface area (TPSA) is 61.8 Å². The van der Waals surface area contributed by atoms with E-state index in [1.807, 2.05) is 6.92 Å². The first-order valence-electron chi connectivity index (χ1n) is 4.66. The molecule has 0 aliphatic rings. The predicted molar refractivity (Wildman–Crippen MR) is 80.7 cm³/mol. The first kappa shape index (κ1) is 42.7. The van der Waals surface area contributed by atoms with Crippen molar-refractivity contribution < 1.29 is 52.4 Å². The van der Waals surface area contributed by atoms with Gasteiger partial charge in [0.05, 0.1) is 20.0 Å². The minimum absolute atomic E-state index is 0. The van der Waals surface area contributed by atoms with Gasteiger partial charge >= 0.3 is 0 Å². The maximum atomic E-state index is 10.3. The Kier molecular flexibility index (Phi) is 81.7. The van der Waals surface area contributed by atoms with Crippen LogP contribution in [0.25, 0.3) is 0 Å². The second-order valence-electron chi connectivity index (χ2n) is 3.11. The Morgan fingerprint density at radius 1 is 1.05 bits per heavy atom. The van der Waals surface area contributed by atoms with Crippen molar-refractivity contribution in [3.63, 3.8) is 0 Å². The van der Waals surface area contributed by atoms with E-state index in [0.29, 0.717) is 13.0 Å². The van der Waals surface area contributed by atoms with Crippen LogP contribution in [0.2, 0.25) is 0 Å². The summed E-state index contributed by atoms with van der Waals surface area (Å²) in [5.74, 6) is 0.282. The summed E-state index contributed by atoms with van der Waals surface area (Å²) in [7, 11) is 3.15. The van der Waals surface area contributed by atoms with Gasteiger partial charge in [-0.25, -0.2) is 0 Å². The molecule has 0 aliphatic heterocycles. The average Bonchev–Trinajstić information content (AvgIpc) is 2.19. The Bertz CT molecular complexity index is 93.4. The van der Waals surface area contributed by atoms with Crippen LogP contribution in [-0.2, 0) is 42.2 Å². The number of hydrogen-bond acceptors (Lipinski definition) is 4. The van der Waals surface area contributed by atoms with Gasteiger partial charge in [0.2, 0.25) is 0 Å². The molecule has 0 saturated carbocycles. The molecule has 1 N–H and O–H groups in total. The van der Waals surface area contributed by atoms with Crippen molar-refractivity contribution in [3.8, 4) is 0 Å². The molecule has 0 rings (SSSR count). The molecule has 0 saturated heterocycles. The van der Waals surface area contributed by atoms with Gasteiger partial charge < -0.3 is 19.7 Å². The van der Waals surface area contributed by atoms with Gasteiger partial charge in [-0.3, -0.25) is 0 Å². The first-order valence-corrected chi connectivity index (χ1v) is 4.66. The molecule has 0 aliphatic carbocycles. The molecular weight excluding hydrogens is 321 g/mol. The van der Waals surface area contributed by atoms with Gasteiger partial charge in [-0.2, -0.15) is 0 Å².